The van der Waals surface area contributed by atoms with Crippen molar-refractivity contribution in [2.45, 2.75) is 31.7 Å². The van der Waals surface area contributed by atoms with Crippen LogP contribution in [0.1, 0.15) is 36.0 Å². The van der Waals surface area contributed by atoms with E-state index in [1.165, 1.54) is 0 Å². The second-order valence-corrected chi connectivity index (χ2v) is 5.43. The van der Waals surface area contributed by atoms with Crippen molar-refractivity contribution in [2.75, 3.05) is 13.2 Å². The summed E-state index contributed by atoms with van der Waals surface area (Å²) in [7, 11) is 0. The molecular formula is C16H20N2O2. The number of rotatable bonds is 2. The summed E-state index contributed by atoms with van der Waals surface area (Å²) in [5.74, 6) is 0.0381. The summed E-state index contributed by atoms with van der Waals surface area (Å²) in [6.45, 7) is 0.791. The summed E-state index contributed by atoms with van der Waals surface area (Å²) in [5, 5.41) is 10.5. The number of carbonyl (C=O) groups is 1. The molecule has 0 aliphatic carbocycles. The van der Waals surface area contributed by atoms with E-state index in [2.05, 4.69) is 4.98 Å². The van der Waals surface area contributed by atoms with Crippen molar-refractivity contribution in [3.8, 4) is 0 Å². The Morgan fingerprint density at radius 3 is 3.05 bits per heavy atom. The maximum absolute atomic E-state index is 12.8. The van der Waals surface area contributed by atoms with Gasteiger partial charge in [0.25, 0.3) is 5.91 Å². The van der Waals surface area contributed by atoms with Crippen LogP contribution >= 0.6 is 0 Å². The number of aromatic nitrogens is 1. The Hall–Kier alpha value is -1.81. The number of nitrogens with one attached hydrogen (secondary N) is 1. The largest absolute Gasteiger partial charge is 0.394 e. The van der Waals surface area contributed by atoms with Gasteiger partial charge in [0.15, 0.2) is 0 Å². The monoisotopic (exact) mass is 272 g/mol. The van der Waals surface area contributed by atoms with Crippen molar-refractivity contribution in [3.05, 3.63) is 36.0 Å². The van der Waals surface area contributed by atoms with E-state index in [0.29, 0.717) is 0 Å². The first-order valence-electron chi connectivity index (χ1n) is 7.29. The molecule has 1 aromatic carbocycles. The van der Waals surface area contributed by atoms with Crippen LogP contribution in [-0.4, -0.2) is 40.1 Å². The van der Waals surface area contributed by atoms with Gasteiger partial charge in [-0.25, -0.2) is 0 Å². The molecule has 4 nitrogen and oxygen atoms in total. The van der Waals surface area contributed by atoms with E-state index in [9.17, 15) is 9.90 Å². The van der Waals surface area contributed by atoms with Crippen LogP contribution in [0.4, 0.5) is 0 Å². The number of hydrogen-bond donors (Lipinski definition) is 2. The van der Waals surface area contributed by atoms with Crippen LogP contribution in [-0.2, 0) is 0 Å². The van der Waals surface area contributed by atoms with Crippen molar-refractivity contribution in [1.82, 2.24) is 9.88 Å². The SMILES string of the molecule is O=C(c1cccc2[nH]ccc12)N1CCCCCC1CO. The van der Waals surface area contributed by atoms with Crippen molar-refractivity contribution in [1.29, 1.82) is 0 Å². The topological polar surface area (TPSA) is 56.3 Å². The third kappa shape index (κ3) is 2.31. The lowest BCUT2D eigenvalue weighted by atomic mass is 10.1. The maximum atomic E-state index is 12.8. The zero-order chi connectivity index (χ0) is 13.9. The van der Waals surface area contributed by atoms with Crippen molar-refractivity contribution >= 4 is 16.8 Å². The molecule has 1 aliphatic heterocycles. The minimum absolute atomic E-state index is 0.0381. The summed E-state index contributed by atoms with van der Waals surface area (Å²) in [5.41, 5.74) is 1.70. The van der Waals surface area contributed by atoms with Crippen molar-refractivity contribution in [2.24, 2.45) is 0 Å². The molecule has 0 bridgehead atoms. The van der Waals surface area contributed by atoms with Crippen LogP contribution in [0, 0.1) is 0 Å². The molecule has 3 rings (SSSR count). The van der Waals surface area contributed by atoms with E-state index >= 15 is 0 Å². The summed E-state index contributed by atoms with van der Waals surface area (Å²) >= 11 is 0. The molecule has 2 N–H and O–H groups in total. The van der Waals surface area contributed by atoms with Gasteiger partial charge in [-0.15, -0.1) is 0 Å². The molecule has 2 aromatic rings. The van der Waals surface area contributed by atoms with Gasteiger partial charge in [-0.1, -0.05) is 18.9 Å². The Bertz CT molecular complexity index is 605. The standard InChI is InChI=1S/C16H20N2O2/c19-11-12-5-2-1-3-10-18(12)16(20)14-6-4-7-15-13(14)8-9-17-15/h4,6-9,12,17,19H,1-3,5,10-11H2. The Kier molecular flexibility index (Phi) is 3.74. The third-order valence-corrected chi connectivity index (χ3v) is 4.17. The van der Waals surface area contributed by atoms with E-state index in [1.54, 1.807) is 0 Å². The molecule has 2 heterocycles. The van der Waals surface area contributed by atoms with E-state index < -0.39 is 0 Å². The molecule has 106 valence electrons. The number of likely N-dealkylation sites (tertiary alicyclic amines) is 1. The number of hydrogen-bond acceptors (Lipinski definition) is 2. The fourth-order valence-corrected chi connectivity index (χ4v) is 3.06. The minimum Gasteiger partial charge on any atom is -0.394 e. The number of fused-ring (bicyclic) bond motifs is 1. The smallest absolute Gasteiger partial charge is 0.254 e. The lowest BCUT2D eigenvalue weighted by molar-refractivity contribution is 0.0602. The van der Waals surface area contributed by atoms with Crippen LogP contribution < -0.4 is 0 Å². The molecule has 0 radical (unpaired) electrons. The normalized spacial score (nSPS) is 20.1. The number of aromatic amines is 1. The molecular weight excluding hydrogens is 252 g/mol. The lowest BCUT2D eigenvalue weighted by Crippen LogP contribution is -2.42. The quantitative estimate of drug-likeness (QED) is 0.882. The van der Waals surface area contributed by atoms with E-state index in [4.69, 9.17) is 0 Å². The molecule has 0 spiro atoms. The van der Waals surface area contributed by atoms with Gasteiger partial charge >= 0.3 is 0 Å². The molecule has 20 heavy (non-hydrogen) atoms. The highest BCUT2D eigenvalue weighted by Crippen LogP contribution is 2.23. The summed E-state index contributed by atoms with van der Waals surface area (Å²) in [6, 6.07) is 7.64. The fourth-order valence-electron chi connectivity index (χ4n) is 3.06. The highest BCUT2D eigenvalue weighted by Gasteiger charge is 2.26. The highest BCUT2D eigenvalue weighted by molar-refractivity contribution is 6.06. The van der Waals surface area contributed by atoms with Gasteiger partial charge in [0, 0.05) is 29.2 Å². The van der Waals surface area contributed by atoms with Gasteiger partial charge in [0.2, 0.25) is 0 Å². The van der Waals surface area contributed by atoms with Crippen LogP contribution in [0.25, 0.3) is 10.9 Å². The molecule has 1 atom stereocenters. The van der Waals surface area contributed by atoms with Gasteiger partial charge in [-0.3, -0.25) is 4.79 Å². The van der Waals surface area contributed by atoms with Gasteiger partial charge in [0.1, 0.15) is 0 Å². The van der Waals surface area contributed by atoms with Crippen molar-refractivity contribution < 1.29 is 9.90 Å². The molecule has 1 fully saturated rings. The Morgan fingerprint density at radius 2 is 2.20 bits per heavy atom. The van der Waals surface area contributed by atoms with Crippen LogP contribution in [0.5, 0.6) is 0 Å². The summed E-state index contributed by atoms with van der Waals surface area (Å²) in [4.78, 5) is 17.8. The maximum Gasteiger partial charge on any atom is 0.254 e. The van der Waals surface area contributed by atoms with E-state index in [0.717, 1.165) is 48.7 Å². The van der Waals surface area contributed by atoms with Gasteiger partial charge < -0.3 is 15.0 Å². The predicted octanol–water partition coefficient (Wildman–Crippen LogP) is 2.55. The van der Waals surface area contributed by atoms with Gasteiger partial charge in [0.05, 0.1) is 12.6 Å². The summed E-state index contributed by atoms with van der Waals surface area (Å²) < 4.78 is 0. The first kappa shape index (κ1) is 13.2. The number of aliphatic hydroxyl groups is 1. The number of aliphatic hydroxyl groups excluding tert-OH is 1. The number of amides is 1. The highest BCUT2D eigenvalue weighted by atomic mass is 16.3. The lowest BCUT2D eigenvalue weighted by Gasteiger charge is -2.29. The molecule has 1 amide bonds. The van der Waals surface area contributed by atoms with Gasteiger partial charge in [-0.2, -0.15) is 0 Å². The van der Waals surface area contributed by atoms with Crippen LogP contribution in [0.3, 0.4) is 0 Å². The van der Waals surface area contributed by atoms with E-state index in [-0.39, 0.29) is 18.6 Å². The number of carbonyl (C=O) groups excluding carboxylic acids is 1. The first-order chi connectivity index (χ1) is 9.81. The Labute approximate surface area is 118 Å². The zero-order valence-corrected chi connectivity index (χ0v) is 11.5. The first-order valence-corrected chi connectivity index (χ1v) is 7.29. The van der Waals surface area contributed by atoms with Crippen molar-refractivity contribution in [3.63, 3.8) is 0 Å². The fraction of sp³-hybridized carbons (Fsp3) is 0.438. The molecule has 1 aromatic heterocycles. The predicted molar refractivity (Wildman–Crippen MR) is 78.7 cm³/mol. The van der Waals surface area contributed by atoms with Crippen LogP contribution in [0.15, 0.2) is 30.5 Å². The zero-order valence-electron chi connectivity index (χ0n) is 11.5. The van der Waals surface area contributed by atoms with Crippen LogP contribution in [0.2, 0.25) is 0 Å². The molecule has 1 aliphatic rings. The Balaban J connectivity index is 1.96. The average Bonchev–Trinajstić information content (AvgIpc) is 2.83. The Morgan fingerprint density at radius 1 is 1.30 bits per heavy atom. The number of nitrogens with zero attached hydrogens (tertiary/aromatic N) is 1. The number of benzene rings is 1. The minimum atomic E-state index is -0.0424. The molecule has 1 saturated heterocycles. The van der Waals surface area contributed by atoms with Gasteiger partial charge in [-0.05, 0) is 31.0 Å². The molecule has 1 unspecified atom stereocenters. The average molecular weight is 272 g/mol. The second kappa shape index (κ2) is 5.67. The van der Waals surface area contributed by atoms with E-state index in [1.807, 2.05) is 35.4 Å². The third-order valence-electron chi connectivity index (χ3n) is 4.17. The molecule has 0 saturated carbocycles. The second-order valence-electron chi connectivity index (χ2n) is 5.43. The number of H-pyrrole nitrogens is 1. The molecule has 4 heteroatoms. The summed E-state index contributed by atoms with van der Waals surface area (Å²) in [6.07, 6.45) is 5.99.